The van der Waals surface area contributed by atoms with Crippen molar-refractivity contribution in [1.82, 2.24) is 19.3 Å². The van der Waals surface area contributed by atoms with Crippen molar-refractivity contribution in [3.05, 3.63) is 75.1 Å². The van der Waals surface area contributed by atoms with E-state index in [-0.39, 0.29) is 18.0 Å². The molecule has 7 heteroatoms. The monoisotopic (exact) mass is 340 g/mol. The van der Waals surface area contributed by atoms with E-state index >= 15 is 0 Å². The van der Waals surface area contributed by atoms with Gasteiger partial charge in [-0.3, -0.25) is 19.0 Å². The first-order chi connectivity index (χ1) is 11.6. The Morgan fingerprint density at radius 1 is 1.17 bits per heavy atom. The van der Waals surface area contributed by atoms with Crippen LogP contribution in [0.4, 0.5) is 0 Å². The number of carbonyl (C=O) groups excluding carboxylic acids is 1. The fraction of sp³-hybridized carbons (Fsp3) is 0.176. The molecule has 24 heavy (non-hydrogen) atoms. The Labute approximate surface area is 142 Å². The van der Waals surface area contributed by atoms with Gasteiger partial charge < -0.3 is 4.90 Å². The van der Waals surface area contributed by atoms with E-state index < -0.39 is 0 Å². The summed E-state index contributed by atoms with van der Waals surface area (Å²) in [7, 11) is 0. The number of rotatable bonds is 1. The van der Waals surface area contributed by atoms with Gasteiger partial charge in [0.25, 0.3) is 11.5 Å². The third-order valence-electron chi connectivity index (χ3n) is 4.15. The van der Waals surface area contributed by atoms with E-state index in [9.17, 15) is 9.59 Å². The third-order valence-corrected chi connectivity index (χ3v) is 4.37. The molecule has 1 amide bonds. The van der Waals surface area contributed by atoms with Crippen molar-refractivity contribution < 1.29 is 4.79 Å². The lowest BCUT2D eigenvalue weighted by atomic mass is 10.1. The average Bonchev–Trinajstić information content (AvgIpc) is 2.62. The molecule has 120 valence electrons. The zero-order valence-corrected chi connectivity index (χ0v) is 13.4. The molecule has 4 heterocycles. The van der Waals surface area contributed by atoms with Crippen LogP contribution in [0.2, 0.25) is 5.02 Å². The predicted molar refractivity (Wildman–Crippen MR) is 89.2 cm³/mol. The van der Waals surface area contributed by atoms with Crippen molar-refractivity contribution in [1.29, 1.82) is 0 Å². The summed E-state index contributed by atoms with van der Waals surface area (Å²) in [5, 5.41) is 0.465. The predicted octanol–water partition coefficient (Wildman–Crippen LogP) is 1.94. The van der Waals surface area contributed by atoms with Gasteiger partial charge in [0.1, 0.15) is 5.65 Å². The molecule has 0 bridgehead atoms. The quantitative estimate of drug-likeness (QED) is 0.679. The Hall–Kier alpha value is -2.73. The first kappa shape index (κ1) is 14.8. The summed E-state index contributed by atoms with van der Waals surface area (Å²) in [6, 6.07) is 6.77. The summed E-state index contributed by atoms with van der Waals surface area (Å²) in [5.74, 6) is -0.112. The Kier molecular flexibility index (Phi) is 3.54. The Morgan fingerprint density at radius 3 is 2.75 bits per heavy atom. The van der Waals surface area contributed by atoms with Gasteiger partial charge in [0.2, 0.25) is 0 Å². The maximum absolute atomic E-state index is 12.7. The number of amides is 1. The second-order valence-corrected chi connectivity index (χ2v) is 6.07. The number of hydrogen-bond donors (Lipinski definition) is 0. The molecule has 0 spiro atoms. The van der Waals surface area contributed by atoms with E-state index in [2.05, 4.69) is 9.97 Å². The SMILES string of the molecule is O=C(c1ccncc1)N1CCc2nc3ccc(Cl)cn3c(=O)c2C1. The molecule has 0 saturated heterocycles. The Balaban J connectivity index is 1.75. The summed E-state index contributed by atoms with van der Waals surface area (Å²) in [6.07, 6.45) is 5.27. The number of carbonyl (C=O) groups is 1. The molecule has 4 rings (SSSR count). The minimum atomic E-state index is -0.176. The number of aromatic nitrogens is 3. The molecule has 3 aromatic heterocycles. The van der Waals surface area contributed by atoms with Crippen LogP contribution in [-0.2, 0) is 13.0 Å². The van der Waals surface area contributed by atoms with Gasteiger partial charge >= 0.3 is 0 Å². The van der Waals surface area contributed by atoms with Crippen LogP contribution in [0.5, 0.6) is 0 Å². The highest BCUT2D eigenvalue weighted by atomic mass is 35.5. The van der Waals surface area contributed by atoms with Gasteiger partial charge in [-0.25, -0.2) is 4.98 Å². The molecule has 0 atom stereocenters. The summed E-state index contributed by atoms with van der Waals surface area (Å²) < 4.78 is 1.43. The molecule has 0 fully saturated rings. The maximum Gasteiger partial charge on any atom is 0.263 e. The molecule has 3 aromatic rings. The highest BCUT2D eigenvalue weighted by Crippen LogP contribution is 2.18. The number of halogens is 1. The van der Waals surface area contributed by atoms with Crippen molar-refractivity contribution in [2.24, 2.45) is 0 Å². The summed E-state index contributed by atoms with van der Waals surface area (Å²) in [6.45, 7) is 0.780. The smallest absolute Gasteiger partial charge is 0.263 e. The maximum atomic E-state index is 12.7. The molecule has 0 aliphatic carbocycles. The molecular formula is C17H13ClN4O2. The van der Waals surface area contributed by atoms with Crippen LogP contribution >= 0.6 is 11.6 Å². The van der Waals surface area contributed by atoms with Crippen molar-refractivity contribution in [3.63, 3.8) is 0 Å². The van der Waals surface area contributed by atoms with Crippen molar-refractivity contribution in [2.45, 2.75) is 13.0 Å². The van der Waals surface area contributed by atoms with E-state index in [0.717, 1.165) is 5.69 Å². The van der Waals surface area contributed by atoms with Gasteiger partial charge in [-0.2, -0.15) is 0 Å². The molecule has 1 aliphatic heterocycles. The van der Waals surface area contributed by atoms with Gasteiger partial charge in [-0.15, -0.1) is 0 Å². The van der Waals surface area contributed by atoms with Crippen LogP contribution in [0.15, 0.2) is 47.7 Å². The van der Waals surface area contributed by atoms with E-state index in [1.54, 1.807) is 47.8 Å². The van der Waals surface area contributed by atoms with Crippen molar-refractivity contribution in [2.75, 3.05) is 6.54 Å². The summed E-state index contributed by atoms with van der Waals surface area (Å²) in [4.78, 5) is 35.5. The highest BCUT2D eigenvalue weighted by Gasteiger charge is 2.25. The van der Waals surface area contributed by atoms with Crippen LogP contribution < -0.4 is 5.56 Å². The van der Waals surface area contributed by atoms with Crippen LogP contribution in [-0.4, -0.2) is 31.7 Å². The number of nitrogens with zero attached hydrogens (tertiary/aromatic N) is 4. The van der Waals surface area contributed by atoms with E-state index in [0.29, 0.717) is 34.8 Å². The van der Waals surface area contributed by atoms with Gasteiger partial charge in [0.15, 0.2) is 0 Å². The Bertz CT molecular complexity index is 1000. The second kappa shape index (κ2) is 5.72. The minimum absolute atomic E-state index is 0.112. The fourth-order valence-electron chi connectivity index (χ4n) is 2.92. The van der Waals surface area contributed by atoms with E-state index in [1.807, 2.05) is 0 Å². The van der Waals surface area contributed by atoms with Crippen LogP contribution in [0.25, 0.3) is 5.65 Å². The summed E-state index contributed by atoms with van der Waals surface area (Å²) >= 11 is 5.98. The number of pyridine rings is 2. The number of fused-ring (bicyclic) bond motifs is 2. The van der Waals surface area contributed by atoms with Gasteiger partial charge in [-0.1, -0.05) is 11.6 Å². The van der Waals surface area contributed by atoms with Crippen LogP contribution in [0.3, 0.4) is 0 Å². The molecular weight excluding hydrogens is 328 g/mol. The lowest BCUT2D eigenvalue weighted by molar-refractivity contribution is 0.0732. The van der Waals surface area contributed by atoms with Crippen LogP contribution in [0, 0.1) is 0 Å². The molecule has 0 unspecified atom stereocenters. The normalized spacial score (nSPS) is 13.8. The Morgan fingerprint density at radius 2 is 1.96 bits per heavy atom. The van der Waals surface area contributed by atoms with Crippen LogP contribution in [0.1, 0.15) is 21.6 Å². The fourth-order valence-corrected chi connectivity index (χ4v) is 3.08. The molecule has 0 radical (unpaired) electrons. The van der Waals surface area contributed by atoms with Crippen molar-refractivity contribution >= 4 is 23.2 Å². The standard InChI is InChI=1S/C17H13ClN4O2/c18-12-1-2-15-20-14-5-8-21(10-13(14)17(24)22(15)9-12)16(23)11-3-6-19-7-4-11/h1-4,6-7,9H,5,8,10H2. The minimum Gasteiger partial charge on any atom is -0.334 e. The first-order valence-corrected chi connectivity index (χ1v) is 7.90. The molecule has 6 nitrogen and oxygen atoms in total. The summed E-state index contributed by atoms with van der Waals surface area (Å²) in [5.41, 5.74) is 2.25. The molecule has 0 aromatic carbocycles. The topological polar surface area (TPSA) is 67.6 Å². The second-order valence-electron chi connectivity index (χ2n) is 5.63. The van der Waals surface area contributed by atoms with E-state index in [4.69, 9.17) is 11.6 Å². The van der Waals surface area contributed by atoms with Gasteiger partial charge in [0, 0.05) is 37.1 Å². The largest absolute Gasteiger partial charge is 0.334 e. The van der Waals surface area contributed by atoms with Gasteiger partial charge in [-0.05, 0) is 24.3 Å². The molecule has 0 N–H and O–H groups in total. The lowest BCUT2D eigenvalue weighted by Crippen LogP contribution is -2.40. The highest BCUT2D eigenvalue weighted by molar-refractivity contribution is 6.30. The number of hydrogen-bond acceptors (Lipinski definition) is 4. The van der Waals surface area contributed by atoms with Gasteiger partial charge in [0.05, 0.1) is 22.8 Å². The lowest BCUT2D eigenvalue weighted by Gasteiger charge is -2.28. The molecule has 1 aliphatic rings. The zero-order valence-electron chi connectivity index (χ0n) is 12.6. The first-order valence-electron chi connectivity index (χ1n) is 7.52. The zero-order chi connectivity index (χ0) is 16.7. The molecule has 0 saturated carbocycles. The third kappa shape index (κ3) is 2.45. The average molecular weight is 341 g/mol. The van der Waals surface area contributed by atoms with E-state index in [1.165, 1.54) is 4.40 Å². The van der Waals surface area contributed by atoms with Crippen molar-refractivity contribution in [3.8, 4) is 0 Å².